The smallest absolute Gasteiger partial charge is 0.107 e. The molecule has 0 aliphatic heterocycles. The predicted molar refractivity (Wildman–Crippen MR) is 44.3 cm³/mol. The summed E-state index contributed by atoms with van der Waals surface area (Å²) < 4.78 is 49.7. The first kappa shape index (κ1) is 9.92. The molecule has 0 unspecified atom stereocenters. The molecular weight excluding hydrogens is 216 g/mol. The molecule has 0 aromatic heterocycles. The molecule has 0 amide bonds. The summed E-state index contributed by atoms with van der Waals surface area (Å²) in [5.41, 5.74) is 0. The van der Waals surface area contributed by atoms with Crippen LogP contribution in [-0.4, -0.2) is 0 Å². The first-order chi connectivity index (χ1) is 5.09. The molecule has 72 valence electrons. The normalized spacial score (nSPS) is 24.2. The van der Waals surface area contributed by atoms with Gasteiger partial charge >= 0.3 is 0 Å². The predicted octanol–water partition coefficient (Wildman–Crippen LogP) is 4.79. The summed E-state index contributed by atoms with van der Waals surface area (Å²) >= 11 is 0. The van der Waals surface area contributed by atoms with Crippen LogP contribution < -0.4 is 0 Å². The van der Waals surface area contributed by atoms with Crippen LogP contribution in [0.15, 0.2) is 23.1 Å². The van der Waals surface area contributed by atoms with Crippen LogP contribution in [0.1, 0.15) is 12.8 Å². The lowest BCUT2D eigenvalue weighted by Gasteiger charge is -2.44. The van der Waals surface area contributed by atoms with E-state index in [1.807, 2.05) is 0 Å². The quantitative estimate of drug-likeness (QED) is 0.560. The maximum absolute atomic E-state index is 12.4. The lowest BCUT2D eigenvalue weighted by Crippen LogP contribution is -2.07. The Morgan fingerprint density at radius 1 is 1.17 bits per heavy atom. The van der Waals surface area contributed by atoms with Crippen LogP contribution in [0.25, 0.3) is 0 Å². The van der Waals surface area contributed by atoms with Gasteiger partial charge in [-0.1, -0.05) is 12.2 Å². The van der Waals surface area contributed by atoms with Crippen molar-refractivity contribution in [1.82, 2.24) is 0 Å². The van der Waals surface area contributed by atoms with E-state index in [4.69, 9.17) is 0 Å². The van der Waals surface area contributed by atoms with Crippen molar-refractivity contribution in [3.8, 4) is 0 Å². The maximum Gasteiger partial charge on any atom is 0.253 e. The van der Waals surface area contributed by atoms with Crippen LogP contribution in [0, 0.1) is 0 Å². The zero-order valence-electron chi connectivity index (χ0n) is 5.94. The minimum Gasteiger partial charge on any atom is -0.107 e. The van der Waals surface area contributed by atoms with E-state index in [1.54, 1.807) is 0 Å². The van der Waals surface area contributed by atoms with Crippen LogP contribution in [0.4, 0.5) is 15.5 Å². The summed E-state index contributed by atoms with van der Waals surface area (Å²) in [6.45, 7) is 0. The van der Waals surface area contributed by atoms with E-state index in [2.05, 4.69) is 10.7 Å². The fourth-order valence-electron chi connectivity index (χ4n) is 0.875. The summed E-state index contributed by atoms with van der Waals surface area (Å²) in [4.78, 5) is -1.33. The van der Waals surface area contributed by atoms with Crippen molar-refractivity contribution in [2.45, 2.75) is 12.8 Å². The van der Waals surface area contributed by atoms with Crippen LogP contribution in [0.2, 0.25) is 0 Å². The third kappa shape index (κ3) is 2.42. The van der Waals surface area contributed by atoms with E-state index in [9.17, 15) is 15.5 Å². The number of hydrogen-bond acceptors (Lipinski definition) is 0. The molecule has 0 fully saturated rings. The van der Waals surface area contributed by atoms with E-state index in [0.717, 1.165) is 6.08 Å². The molecule has 0 radical (unpaired) electrons. The van der Waals surface area contributed by atoms with Gasteiger partial charge in [-0.3, -0.25) is 0 Å². The molecular formula is C6H7ClF4S. The Kier molecular flexibility index (Phi) is 1.66. The first-order valence-electron chi connectivity index (χ1n) is 3.20. The van der Waals surface area contributed by atoms with E-state index in [1.165, 1.54) is 6.08 Å². The van der Waals surface area contributed by atoms with E-state index < -0.39 is 14.0 Å². The first-order valence-corrected chi connectivity index (χ1v) is 6.08. The highest BCUT2D eigenvalue weighted by Crippen LogP contribution is 3.04. The SMILES string of the molecule is FS(F)(F)(F)(Cl)C1=CCCC=C1. The number of rotatable bonds is 1. The second kappa shape index (κ2) is 2.01. The Bertz CT molecular complexity index is 259. The Morgan fingerprint density at radius 2 is 1.75 bits per heavy atom. The summed E-state index contributed by atoms with van der Waals surface area (Å²) in [6, 6.07) is 0. The number of allylic oxidation sites excluding steroid dienone is 3. The van der Waals surface area contributed by atoms with Crippen LogP contribution in [0.5, 0.6) is 0 Å². The zero-order valence-corrected chi connectivity index (χ0v) is 7.52. The largest absolute Gasteiger partial charge is 0.253 e. The molecule has 1 aliphatic rings. The molecule has 0 N–H and O–H groups in total. The molecule has 0 spiro atoms. The van der Waals surface area contributed by atoms with Gasteiger partial charge in [-0.05, 0) is 18.9 Å². The van der Waals surface area contributed by atoms with Gasteiger partial charge in [0.15, 0.2) is 0 Å². The average Bonchev–Trinajstić information content (AvgIpc) is 1.85. The minimum atomic E-state index is -8.40. The highest BCUT2D eigenvalue weighted by molar-refractivity contribution is 8.68. The van der Waals surface area contributed by atoms with Gasteiger partial charge in [0.05, 0.1) is 4.91 Å². The Labute approximate surface area is 71.8 Å². The van der Waals surface area contributed by atoms with Crippen LogP contribution in [0.3, 0.4) is 0 Å². The van der Waals surface area contributed by atoms with Gasteiger partial charge in [0.2, 0.25) is 0 Å². The van der Waals surface area contributed by atoms with Gasteiger partial charge in [0.1, 0.15) is 0 Å². The summed E-state index contributed by atoms with van der Waals surface area (Å²) in [7, 11) is -4.35. The second-order valence-corrected chi connectivity index (χ2v) is 6.83. The van der Waals surface area contributed by atoms with E-state index in [0.29, 0.717) is 12.5 Å². The Balaban J connectivity index is 3.14. The third-order valence-corrected chi connectivity index (χ3v) is 3.13. The van der Waals surface area contributed by atoms with Crippen molar-refractivity contribution >= 4 is 19.7 Å². The number of hydrogen-bond donors (Lipinski definition) is 0. The molecule has 0 aromatic rings. The fourth-order valence-corrected chi connectivity index (χ4v) is 2.00. The van der Waals surface area contributed by atoms with Crippen molar-refractivity contribution in [2.75, 3.05) is 0 Å². The highest BCUT2D eigenvalue weighted by Gasteiger charge is 2.63. The van der Waals surface area contributed by atoms with Gasteiger partial charge < -0.3 is 0 Å². The lowest BCUT2D eigenvalue weighted by molar-refractivity contribution is 0.496. The molecule has 0 bridgehead atoms. The van der Waals surface area contributed by atoms with Crippen LogP contribution in [-0.2, 0) is 0 Å². The summed E-state index contributed by atoms with van der Waals surface area (Å²) in [6.07, 6.45) is 3.41. The molecule has 0 saturated heterocycles. The third-order valence-electron chi connectivity index (χ3n) is 1.41. The van der Waals surface area contributed by atoms with Crippen molar-refractivity contribution < 1.29 is 15.5 Å². The summed E-state index contributed by atoms with van der Waals surface area (Å²) in [5.74, 6) is 0. The fraction of sp³-hybridized carbons (Fsp3) is 0.333. The standard InChI is InChI=1S/C6H7ClF4S/c7-12(8,9,10,11)6-4-2-1-3-5-6/h2,4-5H,1,3H2. The van der Waals surface area contributed by atoms with E-state index in [-0.39, 0.29) is 6.42 Å². The molecule has 0 nitrogen and oxygen atoms in total. The monoisotopic (exact) mass is 222 g/mol. The van der Waals surface area contributed by atoms with Crippen LogP contribution >= 0.6 is 19.7 Å². The van der Waals surface area contributed by atoms with Gasteiger partial charge in [-0.2, -0.15) is 0 Å². The van der Waals surface area contributed by atoms with Gasteiger partial charge in [0, 0.05) is 10.7 Å². The van der Waals surface area contributed by atoms with Gasteiger partial charge in [-0.15, -0.1) is 15.5 Å². The topological polar surface area (TPSA) is 0 Å². The maximum atomic E-state index is 12.4. The average molecular weight is 223 g/mol. The zero-order chi connectivity index (χ0) is 9.52. The van der Waals surface area contributed by atoms with E-state index >= 15 is 0 Å². The van der Waals surface area contributed by atoms with Crippen molar-refractivity contribution in [1.29, 1.82) is 0 Å². The molecule has 1 rings (SSSR count). The molecule has 0 atom stereocenters. The molecule has 12 heavy (non-hydrogen) atoms. The number of halogens is 5. The lowest BCUT2D eigenvalue weighted by atomic mass is 10.2. The molecule has 0 heterocycles. The van der Waals surface area contributed by atoms with Crippen molar-refractivity contribution in [2.24, 2.45) is 0 Å². The van der Waals surface area contributed by atoms with Crippen molar-refractivity contribution in [3.63, 3.8) is 0 Å². The molecule has 1 aliphatic carbocycles. The summed E-state index contributed by atoms with van der Waals surface area (Å²) in [5, 5.41) is 0. The minimum absolute atomic E-state index is 0.181. The van der Waals surface area contributed by atoms with Gasteiger partial charge in [-0.25, -0.2) is 0 Å². The highest BCUT2D eigenvalue weighted by atomic mass is 35.7. The Morgan fingerprint density at radius 3 is 2.00 bits per heavy atom. The molecule has 0 saturated carbocycles. The second-order valence-electron chi connectivity index (χ2n) is 2.56. The van der Waals surface area contributed by atoms with Crippen molar-refractivity contribution in [3.05, 3.63) is 23.1 Å². The van der Waals surface area contributed by atoms with Gasteiger partial charge in [0.25, 0.3) is 9.05 Å². The Hall–Kier alpha value is -0.160. The molecule has 6 heteroatoms. The molecule has 0 aromatic carbocycles.